The Bertz CT molecular complexity index is 941. The highest BCUT2D eigenvalue weighted by Crippen LogP contribution is 2.34. The van der Waals surface area contributed by atoms with E-state index < -0.39 is 18.0 Å². The first kappa shape index (κ1) is 21.9. The number of hydrogen-bond acceptors (Lipinski definition) is 3. The van der Waals surface area contributed by atoms with Gasteiger partial charge in [-0.25, -0.2) is 0 Å². The number of aliphatic hydroxyl groups is 1. The molecule has 0 aromatic heterocycles. The highest BCUT2D eigenvalue weighted by atomic mass is 19.4. The monoisotopic (exact) mass is 415 g/mol. The summed E-state index contributed by atoms with van der Waals surface area (Å²) in [5, 5.41) is 13.4. The van der Waals surface area contributed by atoms with E-state index in [4.69, 9.17) is 4.74 Å². The van der Waals surface area contributed by atoms with E-state index in [0.717, 1.165) is 24.1 Å². The van der Waals surface area contributed by atoms with Crippen LogP contribution in [-0.4, -0.2) is 25.0 Å². The molecule has 2 N–H and O–H groups in total. The Balaban J connectivity index is 1.68. The minimum absolute atomic E-state index is 0.367. The number of halogens is 3. The second kappa shape index (κ2) is 9.78. The molecule has 3 aromatic carbocycles. The fraction of sp³-hybridized carbons (Fsp3) is 0.250. The zero-order chi connectivity index (χ0) is 21.6. The number of hydrogen-bond donors (Lipinski definition) is 2. The number of ether oxygens (including phenoxy) is 1. The van der Waals surface area contributed by atoms with Gasteiger partial charge < -0.3 is 9.84 Å². The molecule has 0 aliphatic carbocycles. The molecule has 6 heteroatoms. The van der Waals surface area contributed by atoms with Crippen molar-refractivity contribution < 1.29 is 23.0 Å². The van der Waals surface area contributed by atoms with Gasteiger partial charge in [0.15, 0.2) is 0 Å². The number of nitrogens with one attached hydrogen (secondary N) is 1. The molecular formula is C24H24F3NO2. The molecule has 3 rings (SSSR count). The molecule has 3 nitrogen and oxygen atoms in total. The van der Waals surface area contributed by atoms with Crippen molar-refractivity contribution in [2.24, 2.45) is 0 Å². The Morgan fingerprint density at radius 2 is 1.63 bits per heavy atom. The minimum atomic E-state index is -4.38. The first-order valence-corrected chi connectivity index (χ1v) is 9.67. The van der Waals surface area contributed by atoms with Crippen molar-refractivity contribution >= 4 is 0 Å². The van der Waals surface area contributed by atoms with Gasteiger partial charge in [-0.05, 0) is 47.4 Å². The molecule has 0 heterocycles. The van der Waals surface area contributed by atoms with Crippen LogP contribution in [0.4, 0.5) is 13.2 Å². The Morgan fingerprint density at radius 1 is 0.933 bits per heavy atom. The van der Waals surface area contributed by atoms with E-state index in [1.165, 1.54) is 24.8 Å². The summed E-state index contributed by atoms with van der Waals surface area (Å²) >= 11 is 0. The summed E-state index contributed by atoms with van der Waals surface area (Å²) in [6, 6.07) is 20.4. The second-order valence-corrected chi connectivity index (χ2v) is 7.02. The third-order valence-electron chi connectivity index (χ3n) is 4.85. The summed E-state index contributed by atoms with van der Waals surface area (Å²) in [6.07, 6.45) is -3.94. The molecule has 1 unspecified atom stereocenters. The Hall–Kier alpha value is -2.83. The molecule has 0 saturated heterocycles. The van der Waals surface area contributed by atoms with Crippen molar-refractivity contribution in [1.82, 2.24) is 5.32 Å². The van der Waals surface area contributed by atoms with Gasteiger partial charge in [-0.2, -0.15) is 13.2 Å². The molecule has 0 amide bonds. The van der Waals surface area contributed by atoms with Crippen molar-refractivity contribution in [2.45, 2.75) is 25.2 Å². The van der Waals surface area contributed by atoms with E-state index in [-0.39, 0.29) is 0 Å². The molecule has 3 aromatic rings. The lowest BCUT2D eigenvalue weighted by atomic mass is 9.99. The Labute approximate surface area is 174 Å². The lowest BCUT2D eigenvalue weighted by molar-refractivity contribution is -0.137. The average molecular weight is 415 g/mol. The first-order valence-electron chi connectivity index (χ1n) is 9.67. The van der Waals surface area contributed by atoms with Crippen molar-refractivity contribution in [3.63, 3.8) is 0 Å². The van der Waals surface area contributed by atoms with Crippen LogP contribution in [0.3, 0.4) is 0 Å². The highest BCUT2D eigenvalue weighted by molar-refractivity contribution is 5.71. The largest absolute Gasteiger partial charge is 0.496 e. The SMILES string of the molecule is COc1ccc(CC(O)NCCc2ccccc2)cc1-c1ccc(C(F)(F)F)cc1. The van der Waals surface area contributed by atoms with Gasteiger partial charge in [0.25, 0.3) is 0 Å². The molecule has 0 saturated carbocycles. The van der Waals surface area contributed by atoms with Gasteiger partial charge in [0.1, 0.15) is 12.0 Å². The molecule has 158 valence electrons. The Kier molecular flexibility index (Phi) is 7.13. The van der Waals surface area contributed by atoms with Gasteiger partial charge in [0, 0.05) is 18.5 Å². The molecule has 0 bridgehead atoms. The van der Waals surface area contributed by atoms with Crippen molar-refractivity contribution in [3.8, 4) is 16.9 Å². The second-order valence-electron chi connectivity index (χ2n) is 7.02. The smallest absolute Gasteiger partial charge is 0.416 e. The molecule has 0 fully saturated rings. The molecule has 0 spiro atoms. The normalized spacial score (nSPS) is 12.6. The zero-order valence-corrected chi connectivity index (χ0v) is 16.6. The quantitative estimate of drug-likeness (QED) is 0.505. The van der Waals surface area contributed by atoms with E-state index in [2.05, 4.69) is 5.32 Å². The van der Waals surface area contributed by atoms with Crippen LogP contribution < -0.4 is 10.1 Å². The predicted octanol–water partition coefficient (Wildman–Crippen LogP) is 5.07. The van der Waals surface area contributed by atoms with E-state index in [0.29, 0.717) is 29.8 Å². The van der Waals surface area contributed by atoms with Gasteiger partial charge in [0.05, 0.1) is 12.7 Å². The predicted molar refractivity (Wildman–Crippen MR) is 111 cm³/mol. The number of methoxy groups -OCH3 is 1. The van der Waals surface area contributed by atoms with Crippen LogP contribution in [0.2, 0.25) is 0 Å². The van der Waals surface area contributed by atoms with Crippen LogP contribution in [0, 0.1) is 0 Å². The van der Waals surface area contributed by atoms with Crippen LogP contribution in [0.15, 0.2) is 72.8 Å². The van der Waals surface area contributed by atoms with Gasteiger partial charge in [-0.3, -0.25) is 5.32 Å². The van der Waals surface area contributed by atoms with Crippen LogP contribution in [0.5, 0.6) is 5.75 Å². The van der Waals surface area contributed by atoms with E-state index in [1.807, 2.05) is 42.5 Å². The van der Waals surface area contributed by atoms with Crippen molar-refractivity contribution in [3.05, 3.63) is 89.5 Å². The molecule has 1 atom stereocenters. The Morgan fingerprint density at radius 3 is 2.27 bits per heavy atom. The summed E-state index contributed by atoms with van der Waals surface area (Å²) in [5.74, 6) is 0.560. The van der Waals surface area contributed by atoms with Crippen LogP contribution in [0.1, 0.15) is 16.7 Å². The van der Waals surface area contributed by atoms with Crippen LogP contribution >= 0.6 is 0 Å². The minimum Gasteiger partial charge on any atom is -0.496 e. The lowest BCUT2D eigenvalue weighted by Crippen LogP contribution is -2.32. The first-order chi connectivity index (χ1) is 14.4. The number of rotatable bonds is 8. The van der Waals surface area contributed by atoms with Gasteiger partial charge in [-0.15, -0.1) is 0 Å². The third kappa shape index (κ3) is 5.84. The standard InChI is InChI=1S/C24H24F3NO2/c1-30-22-12-7-18(16-23(29)28-14-13-17-5-3-2-4-6-17)15-21(22)19-8-10-20(11-9-19)24(25,26)27/h2-12,15,23,28-29H,13-14,16H2,1H3. The molecule has 30 heavy (non-hydrogen) atoms. The van der Waals surface area contributed by atoms with Crippen molar-refractivity contribution in [1.29, 1.82) is 0 Å². The lowest BCUT2D eigenvalue weighted by Gasteiger charge is -2.16. The number of benzene rings is 3. The molecule has 0 radical (unpaired) electrons. The highest BCUT2D eigenvalue weighted by Gasteiger charge is 2.30. The van der Waals surface area contributed by atoms with Crippen LogP contribution in [-0.2, 0) is 19.0 Å². The topological polar surface area (TPSA) is 41.5 Å². The zero-order valence-electron chi connectivity index (χ0n) is 16.6. The van der Waals surface area contributed by atoms with E-state index in [1.54, 1.807) is 6.07 Å². The average Bonchev–Trinajstić information content (AvgIpc) is 2.74. The molecule has 0 aliphatic rings. The van der Waals surface area contributed by atoms with Gasteiger partial charge in [0.2, 0.25) is 0 Å². The van der Waals surface area contributed by atoms with Gasteiger partial charge >= 0.3 is 6.18 Å². The maximum Gasteiger partial charge on any atom is 0.416 e. The maximum atomic E-state index is 12.8. The summed E-state index contributed by atoms with van der Waals surface area (Å²) in [6.45, 7) is 0.632. The summed E-state index contributed by atoms with van der Waals surface area (Å²) in [5.41, 5.74) is 2.64. The van der Waals surface area contributed by atoms with Crippen molar-refractivity contribution in [2.75, 3.05) is 13.7 Å². The van der Waals surface area contributed by atoms with E-state index >= 15 is 0 Å². The fourth-order valence-electron chi connectivity index (χ4n) is 3.27. The summed E-state index contributed by atoms with van der Waals surface area (Å²) in [4.78, 5) is 0. The fourth-order valence-corrected chi connectivity index (χ4v) is 3.27. The number of aliphatic hydroxyl groups excluding tert-OH is 1. The van der Waals surface area contributed by atoms with E-state index in [9.17, 15) is 18.3 Å². The summed E-state index contributed by atoms with van der Waals surface area (Å²) < 4.78 is 43.8. The summed E-state index contributed by atoms with van der Waals surface area (Å²) in [7, 11) is 1.52. The molecule has 0 aliphatic heterocycles. The third-order valence-corrected chi connectivity index (χ3v) is 4.85. The van der Waals surface area contributed by atoms with Gasteiger partial charge in [-0.1, -0.05) is 48.5 Å². The molecular weight excluding hydrogens is 391 g/mol. The maximum absolute atomic E-state index is 12.8. The van der Waals surface area contributed by atoms with Crippen LogP contribution in [0.25, 0.3) is 11.1 Å². The number of alkyl halides is 3.